The molecule has 0 saturated heterocycles. The monoisotopic (exact) mass is 352 g/mol. The summed E-state index contributed by atoms with van der Waals surface area (Å²) in [5, 5.41) is 0.775. The number of carbonyl (C=O) groups is 2. The lowest BCUT2D eigenvalue weighted by Crippen LogP contribution is -2.15. The van der Waals surface area contributed by atoms with Crippen molar-refractivity contribution in [2.45, 2.75) is 20.8 Å². The Labute approximate surface area is 151 Å². The number of ketones is 1. The number of methoxy groups -OCH3 is 1. The average molecular weight is 352 g/mol. The third-order valence-electron chi connectivity index (χ3n) is 4.36. The summed E-state index contributed by atoms with van der Waals surface area (Å²) in [7, 11) is 1.57. The first-order valence-electron chi connectivity index (χ1n) is 8.25. The third kappa shape index (κ3) is 3.33. The molecule has 134 valence electrons. The van der Waals surface area contributed by atoms with E-state index >= 15 is 0 Å². The highest BCUT2D eigenvalue weighted by Crippen LogP contribution is 2.29. The fraction of sp³-hybridized carbons (Fsp3) is 0.238. The van der Waals surface area contributed by atoms with Crippen LogP contribution in [0.3, 0.4) is 0 Å². The molecule has 0 aliphatic rings. The quantitative estimate of drug-likeness (QED) is 0.503. The number of hydrogen-bond donors (Lipinski definition) is 0. The fourth-order valence-corrected chi connectivity index (χ4v) is 2.83. The van der Waals surface area contributed by atoms with Crippen LogP contribution < -0.4 is 4.74 Å². The van der Waals surface area contributed by atoms with Crippen LogP contribution in [0.15, 0.2) is 40.8 Å². The predicted octanol–water partition coefficient (Wildman–Crippen LogP) is 4.41. The minimum atomic E-state index is -0.656. The van der Waals surface area contributed by atoms with E-state index in [0.29, 0.717) is 22.5 Å². The molecule has 0 N–H and O–H groups in total. The molecule has 0 fully saturated rings. The van der Waals surface area contributed by atoms with Gasteiger partial charge in [-0.2, -0.15) is 0 Å². The Balaban J connectivity index is 1.78. The Bertz CT molecular complexity index is 997. The van der Waals surface area contributed by atoms with Crippen molar-refractivity contribution in [1.29, 1.82) is 0 Å². The second kappa shape index (κ2) is 7.04. The van der Waals surface area contributed by atoms with Crippen molar-refractivity contribution in [2.24, 2.45) is 0 Å². The van der Waals surface area contributed by atoms with Crippen LogP contribution in [0.1, 0.15) is 37.6 Å². The molecule has 1 heterocycles. The number of ether oxygens (including phenoxy) is 2. The van der Waals surface area contributed by atoms with Gasteiger partial charge in [-0.1, -0.05) is 17.7 Å². The van der Waals surface area contributed by atoms with Crippen LogP contribution in [0.5, 0.6) is 5.75 Å². The number of furan rings is 1. The van der Waals surface area contributed by atoms with Crippen LogP contribution in [0.4, 0.5) is 0 Å². The Hall–Kier alpha value is -3.08. The second-order valence-electron chi connectivity index (χ2n) is 6.24. The molecule has 5 heteroatoms. The number of Topliss-reactive ketones (excluding diaryl/α,β-unsaturated/α-hetero) is 1. The van der Waals surface area contributed by atoms with Crippen molar-refractivity contribution in [3.8, 4) is 5.75 Å². The van der Waals surface area contributed by atoms with Crippen LogP contribution in [0.25, 0.3) is 11.0 Å². The van der Waals surface area contributed by atoms with Gasteiger partial charge in [-0.05, 0) is 50.6 Å². The van der Waals surface area contributed by atoms with Gasteiger partial charge in [0, 0.05) is 16.5 Å². The van der Waals surface area contributed by atoms with Gasteiger partial charge in [-0.25, -0.2) is 4.79 Å². The highest BCUT2D eigenvalue weighted by molar-refractivity contribution is 6.01. The van der Waals surface area contributed by atoms with Crippen molar-refractivity contribution >= 4 is 22.7 Å². The first-order valence-corrected chi connectivity index (χ1v) is 8.25. The fourth-order valence-electron chi connectivity index (χ4n) is 2.83. The number of hydrogen-bond acceptors (Lipinski definition) is 5. The molecule has 1 aromatic heterocycles. The Morgan fingerprint density at radius 2 is 1.81 bits per heavy atom. The second-order valence-corrected chi connectivity index (χ2v) is 6.24. The first-order chi connectivity index (χ1) is 12.4. The Kier molecular flexibility index (Phi) is 4.80. The normalized spacial score (nSPS) is 10.8. The predicted molar refractivity (Wildman–Crippen MR) is 98.0 cm³/mol. The summed E-state index contributed by atoms with van der Waals surface area (Å²) in [5.41, 5.74) is 3.61. The Morgan fingerprint density at radius 3 is 2.54 bits per heavy atom. The van der Waals surface area contributed by atoms with Crippen LogP contribution in [-0.2, 0) is 4.74 Å². The number of esters is 1. The standard InChI is InChI=1S/C21H20O5/c1-12-5-6-13(2)16(9-12)18(22)11-25-21(23)20-14(3)17-10-15(24-4)7-8-19(17)26-20/h5-10H,11H2,1-4H3. The summed E-state index contributed by atoms with van der Waals surface area (Å²) in [5.74, 6) is -0.125. The van der Waals surface area contributed by atoms with Gasteiger partial charge in [-0.3, -0.25) is 4.79 Å². The molecule has 0 spiro atoms. The number of fused-ring (bicyclic) bond motifs is 1. The number of carbonyl (C=O) groups excluding carboxylic acids is 2. The lowest BCUT2D eigenvalue weighted by atomic mass is 10.0. The lowest BCUT2D eigenvalue weighted by molar-refractivity contribution is 0.0445. The number of aryl methyl sites for hydroxylation is 3. The number of benzene rings is 2. The molecule has 0 aliphatic carbocycles. The molecule has 0 bridgehead atoms. The van der Waals surface area contributed by atoms with E-state index in [0.717, 1.165) is 16.5 Å². The van der Waals surface area contributed by atoms with E-state index in [9.17, 15) is 9.59 Å². The van der Waals surface area contributed by atoms with E-state index in [1.807, 2.05) is 26.0 Å². The topological polar surface area (TPSA) is 65.7 Å². The van der Waals surface area contributed by atoms with Gasteiger partial charge in [0.1, 0.15) is 11.3 Å². The van der Waals surface area contributed by atoms with Crippen molar-refractivity contribution in [3.63, 3.8) is 0 Å². The first kappa shape index (κ1) is 17.7. The van der Waals surface area contributed by atoms with Gasteiger partial charge in [0.25, 0.3) is 0 Å². The smallest absolute Gasteiger partial charge is 0.375 e. The van der Waals surface area contributed by atoms with Crippen molar-refractivity contribution in [1.82, 2.24) is 0 Å². The zero-order chi connectivity index (χ0) is 18.8. The van der Waals surface area contributed by atoms with Crippen LogP contribution in [0.2, 0.25) is 0 Å². The van der Waals surface area contributed by atoms with Gasteiger partial charge in [0.2, 0.25) is 11.5 Å². The van der Waals surface area contributed by atoms with Crippen molar-refractivity contribution in [2.75, 3.05) is 13.7 Å². The molecule has 26 heavy (non-hydrogen) atoms. The summed E-state index contributed by atoms with van der Waals surface area (Å²) in [6.45, 7) is 5.21. The molecule has 2 aromatic carbocycles. The van der Waals surface area contributed by atoms with Gasteiger partial charge in [0.15, 0.2) is 6.61 Å². The van der Waals surface area contributed by atoms with E-state index in [2.05, 4.69) is 0 Å². The molecule has 3 rings (SSSR count). The van der Waals surface area contributed by atoms with E-state index in [4.69, 9.17) is 13.9 Å². The molecule has 0 aliphatic heterocycles. The molecule has 0 unspecified atom stereocenters. The minimum absolute atomic E-state index is 0.0991. The molecular formula is C21H20O5. The molecule has 0 amide bonds. The maximum Gasteiger partial charge on any atom is 0.375 e. The Morgan fingerprint density at radius 1 is 1.04 bits per heavy atom. The highest BCUT2D eigenvalue weighted by atomic mass is 16.5. The van der Waals surface area contributed by atoms with Gasteiger partial charge >= 0.3 is 5.97 Å². The lowest BCUT2D eigenvalue weighted by Gasteiger charge is -2.07. The zero-order valence-corrected chi connectivity index (χ0v) is 15.2. The van der Waals surface area contributed by atoms with E-state index in [-0.39, 0.29) is 18.2 Å². The summed E-state index contributed by atoms with van der Waals surface area (Å²) < 4.78 is 16.0. The van der Waals surface area contributed by atoms with E-state index in [1.165, 1.54) is 0 Å². The molecule has 0 radical (unpaired) electrons. The van der Waals surface area contributed by atoms with Crippen molar-refractivity contribution in [3.05, 3.63) is 64.4 Å². The van der Waals surface area contributed by atoms with Crippen LogP contribution in [-0.4, -0.2) is 25.5 Å². The molecule has 3 aromatic rings. The molecule has 0 saturated carbocycles. The maximum atomic E-state index is 12.4. The summed E-state index contributed by atoms with van der Waals surface area (Å²) in [6, 6.07) is 10.9. The van der Waals surface area contributed by atoms with E-state index in [1.54, 1.807) is 38.3 Å². The van der Waals surface area contributed by atoms with Crippen molar-refractivity contribution < 1.29 is 23.5 Å². The van der Waals surface area contributed by atoms with Crippen LogP contribution in [0, 0.1) is 20.8 Å². The molecule has 0 atom stereocenters. The zero-order valence-electron chi connectivity index (χ0n) is 15.2. The van der Waals surface area contributed by atoms with Gasteiger partial charge < -0.3 is 13.9 Å². The molecule has 5 nitrogen and oxygen atoms in total. The largest absolute Gasteiger partial charge is 0.497 e. The van der Waals surface area contributed by atoms with Crippen LogP contribution >= 0.6 is 0 Å². The maximum absolute atomic E-state index is 12.4. The summed E-state index contributed by atoms with van der Waals surface area (Å²) in [4.78, 5) is 24.7. The average Bonchev–Trinajstić information content (AvgIpc) is 2.97. The number of rotatable bonds is 5. The van der Waals surface area contributed by atoms with Gasteiger partial charge in [-0.15, -0.1) is 0 Å². The van der Waals surface area contributed by atoms with Gasteiger partial charge in [0.05, 0.1) is 7.11 Å². The molecular weight excluding hydrogens is 332 g/mol. The highest BCUT2D eigenvalue weighted by Gasteiger charge is 2.21. The summed E-state index contributed by atoms with van der Waals surface area (Å²) in [6.07, 6.45) is 0. The minimum Gasteiger partial charge on any atom is -0.497 e. The third-order valence-corrected chi connectivity index (χ3v) is 4.36. The summed E-state index contributed by atoms with van der Waals surface area (Å²) >= 11 is 0. The van der Waals surface area contributed by atoms with E-state index < -0.39 is 5.97 Å². The SMILES string of the molecule is COc1ccc2oc(C(=O)OCC(=O)c3cc(C)ccc3C)c(C)c2c1.